The first-order valence-electron chi connectivity index (χ1n) is 10.9. The minimum Gasteiger partial charge on any atom is -0.375 e. The summed E-state index contributed by atoms with van der Waals surface area (Å²) < 4.78 is 0. The van der Waals surface area contributed by atoms with Gasteiger partial charge in [0.05, 0.1) is 18.7 Å². The number of hydrogen-bond acceptors (Lipinski definition) is 3. The molecule has 4 heteroatoms. The normalized spacial score (nSPS) is 18.0. The molecule has 1 unspecified atom stereocenters. The molecule has 0 saturated carbocycles. The molecular formula is C28H29NO3. The number of nitrogens with zero attached hydrogens (tertiary/aromatic N) is 1. The first-order chi connectivity index (χ1) is 15.1. The van der Waals surface area contributed by atoms with Crippen molar-refractivity contribution in [3.05, 3.63) is 101 Å². The Morgan fingerprint density at radius 1 is 0.938 bits per heavy atom. The maximum atomic E-state index is 13.4. The van der Waals surface area contributed by atoms with Crippen molar-refractivity contribution < 1.29 is 14.7 Å². The molecule has 4 nitrogen and oxygen atoms in total. The second-order valence-corrected chi connectivity index (χ2v) is 9.68. The van der Waals surface area contributed by atoms with E-state index < -0.39 is 11.5 Å². The van der Waals surface area contributed by atoms with E-state index in [9.17, 15) is 14.7 Å². The Labute approximate surface area is 189 Å². The largest absolute Gasteiger partial charge is 0.375 e. The number of hydrogen-bond donors (Lipinski definition) is 1. The van der Waals surface area contributed by atoms with E-state index in [0.717, 1.165) is 16.7 Å². The Hall–Kier alpha value is -3.24. The van der Waals surface area contributed by atoms with Crippen LogP contribution in [0.1, 0.15) is 59.8 Å². The van der Waals surface area contributed by atoms with E-state index in [1.807, 2.05) is 55.5 Å². The fourth-order valence-corrected chi connectivity index (χ4v) is 4.20. The molecule has 0 spiro atoms. The molecule has 3 aromatic carbocycles. The highest BCUT2D eigenvalue weighted by atomic mass is 16.3. The van der Waals surface area contributed by atoms with Crippen molar-refractivity contribution in [1.29, 1.82) is 0 Å². The van der Waals surface area contributed by atoms with Crippen LogP contribution in [-0.4, -0.2) is 16.8 Å². The quantitative estimate of drug-likeness (QED) is 0.562. The predicted octanol–water partition coefficient (Wildman–Crippen LogP) is 5.30. The van der Waals surface area contributed by atoms with Gasteiger partial charge in [-0.25, -0.2) is 0 Å². The third-order valence-corrected chi connectivity index (χ3v) is 6.19. The third-order valence-electron chi connectivity index (χ3n) is 6.19. The van der Waals surface area contributed by atoms with Crippen LogP contribution in [0, 0.1) is 6.92 Å². The first kappa shape index (κ1) is 22.0. The summed E-state index contributed by atoms with van der Waals surface area (Å²) in [4.78, 5) is 28.1. The molecule has 1 aliphatic rings. The van der Waals surface area contributed by atoms with Gasteiger partial charge in [0, 0.05) is 11.1 Å². The van der Waals surface area contributed by atoms with Crippen LogP contribution in [0.15, 0.2) is 72.8 Å². The predicted molar refractivity (Wildman–Crippen MR) is 127 cm³/mol. The van der Waals surface area contributed by atoms with E-state index in [-0.39, 0.29) is 17.6 Å². The summed E-state index contributed by atoms with van der Waals surface area (Å²) in [7, 11) is 0. The second kappa shape index (κ2) is 8.03. The average molecular weight is 428 g/mol. The van der Waals surface area contributed by atoms with Crippen LogP contribution in [-0.2, 0) is 22.4 Å². The lowest BCUT2D eigenvalue weighted by Gasteiger charge is -2.23. The number of Topliss-reactive ketones (excluding diaryl/α,β-unsaturated/α-hetero) is 1. The maximum absolute atomic E-state index is 13.4. The van der Waals surface area contributed by atoms with Gasteiger partial charge in [-0.05, 0) is 29.5 Å². The lowest BCUT2D eigenvalue weighted by Crippen LogP contribution is -2.41. The van der Waals surface area contributed by atoms with Crippen LogP contribution in [0.3, 0.4) is 0 Å². The van der Waals surface area contributed by atoms with E-state index in [4.69, 9.17) is 0 Å². The van der Waals surface area contributed by atoms with Crippen molar-refractivity contribution in [2.45, 2.75) is 51.7 Å². The number of anilines is 1. The molecule has 0 fully saturated rings. The van der Waals surface area contributed by atoms with Gasteiger partial charge in [0.15, 0.2) is 11.4 Å². The van der Waals surface area contributed by atoms with Gasteiger partial charge in [0.25, 0.3) is 5.91 Å². The number of ketones is 1. The summed E-state index contributed by atoms with van der Waals surface area (Å²) in [6.45, 7) is 8.70. The zero-order valence-corrected chi connectivity index (χ0v) is 19.1. The van der Waals surface area contributed by atoms with Crippen molar-refractivity contribution in [3.8, 4) is 0 Å². The minimum atomic E-state index is -1.87. The Morgan fingerprint density at radius 3 is 2.19 bits per heavy atom. The molecule has 1 aliphatic heterocycles. The van der Waals surface area contributed by atoms with Crippen LogP contribution in [0.5, 0.6) is 0 Å². The van der Waals surface area contributed by atoms with Crippen molar-refractivity contribution in [2.24, 2.45) is 0 Å². The molecule has 32 heavy (non-hydrogen) atoms. The van der Waals surface area contributed by atoms with Crippen LogP contribution < -0.4 is 4.90 Å². The van der Waals surface area contributed by atoms with Gasteiger partial charge < -0.3 is 10.0 Å². The monoisotopic (exact) mass is 427 g/mol. The molecule has 0 saturated heterocycles. The Kier molecular flexibility index (Phi) is 5.51. The molecule has 0 aliphatic carbocycles. The van der Waals surface area contributed by atoms with Gasteiger partial charge in [0.2, 0.25) is 0 Å². The third kappa shape index (κ3) is 3.98. The number of carbonyl (C=O) groups is 2. The standard InChI is InChI=1S/C28H29NO3/c1-19-9-11-20(12-10-19)18-29-24-8-6-5-7-23(24)28(32,26(29)31)17-25(30)21-13-15-22(16-14-21)27(2,3)4/h5-16,32H,17-18H2,1-4H3. The van der Waals surface area contributed by atoms with Gasteiger partial charge in [-0.2, -0.15) is 0 Å². The summed E-state index contributed by atoms with van der Waals surface area (Å²) in [6.07, 6.45) is -0.290. The highest BCUT2D eigenvalue weighted by Gasteiger charge is 2.50. The molecule has 4 rings (SSSR count). The number of aliphatic hydroxyl groups is 1. The summed E-state index contributed by atoms with van der Waals surface area (Å²) in [5.74, 6) is -0.716. The molecule has 0 radical (unpaired) electrons. The molecule has 1 amide bonds. The Balaban J connectivity index is 1.62. The first-order valence-corrected chi connectivity index (χ1v) is 10.9. The molecule has 0 bridgehead atoms. The van der Waals surface area contributed by atoms with Crippen LogP contribution in [0.2, 0.25) is 0 Å². The minimum absolute atomic E-state index is 0.0172. The zero-order chi connectivity index (χ0) is 23.1. The van der Waals surface area contributed by atoms with E-state index in [0.29, 0.717) is 23.4 Å². The van der Waals surface area contributed by atoms with Crippen molar-refractivity contribution in [3.63, 3.8) is 0 Å². The van der Waals surface area contributed by atoms with Crippen molar-refractivity contribution in [1.82, 2.24) is 0 Å². The number of para-hydroxylation sites is 1. The van der Waals surface area contributed by atoms with E-state index in [1.54, 1.807) is 29.2 Å². The lowest BCUT2D eigenvalue weighted by atomic mass is 9.85. The van der Waals surface area contributed by atoms with Crippen molar-refractivity contribution in [2.75, 3.05) is 4.90 Å². The number of fused-ring (bicyclic) bond motifs is 1. The highest BCUT2D eigenvalue weighted by Crippen LogP contribution is 2.43. The molecular weight excluding hydrogens is 398 g/mol. The summed E-state index contributed by atoms with van der Waals surface area (Å²) in [5, 5.41) is 11.5. The number of carbonyl (C=O) groups excluding carboxylic acids is 2. The number of aryl methyl sites for hydroxylation is 1. The molecule has 1 heterocycles. The topological polar surface area (TPSA) is 57.6 Å². The Morgan fingerprint density at radius 2 is 1.56 bits per heavy atom. The van der Waals surface area contributed by atoms with E-state index in [2.05, 4.69) is 20.8 Å². The van der Waals surface area contributed by atoms with E-state index >= 15 is 0 Å². The van der Waals surface area contributed by atoms with E-state index in [1.165, 1.54) is 0 Å². The molecule has 0 aromatic heterocycles. The van der Waals surface area contributed by atoms with Gasteiger partial charge >= 0.3 is 0 Å². The molecule has 164 valence electrons. The molecule has 3 aromatic rings. The lowest BCUT2D eigenvalue weighted by molar-refractivity contribution is -0.136. The van der Waals surface area contributed by atoms with Gasteiger partial charge in [-0.1, -0.05) is 93.1 Å². The summed E-state index contributed by atoms with van der Waals surface area (Å²) >= 11 is 0. The van der Waals surface area contributed by atoms with Gasteiger partial charge in [-0.3, -0.25) is 9.59 Å². The molecule has 1 atom stereocenters. The van der Waals surface area contributed by atoms with Crippen LogP contribution in [0.25, 0.3) is 0 Å². The van der Waals surface area contributed by atoms with Gasteiger partial charge in [-0.15, -0.1) is 0 Å². The fourth-order valence-electron chi connectivity index (χ4n) is 4.20. The van der Waals surface area contributed by atoms with Crippen LogP contribution in [0.4, 0.5) is 5.69 Å². The van der Waals surface area contributed by atoms with Crippen molar-refractivity contribution >= 4 is 17.4 Å². The Bertz CT molecular complexity index is 1160. The second-order valence-electron chi connectivity index (χ2n) is 9.68. The maximum Gasteiger partial charge on any atom is 0.264 e. The SMILES string of the molecule is Cc1ccc(CN2C(=O)C(O)(CC(=O)c3ccc(C(C)(C)C)cc3)c3ccccc32)cc1. The smallest absolute Gasteiger partial charge is 0.264 e. The summed E-state index contributed by atoms with van der Waals surface area (Å²) in [5.41, 5.74) is 2.97. The number of benzene rings is 3. The molecule has 1 N–H and O–H groups in total. The fraction of sp³-hybridized carbons (Fsp3) is 0.286. The summed E-state index contributed by atoms with van der Waals surface area (Å²) in [6, 6.07) is 22.6. The van der Waals surface area contributed by atoms with Gasteiger partial charge in [0.1, 0.15) is 0 Å². The average Bonchev–Trinajstić information content (AvgIpc) is 2.97. The number of rotatable bonds is 5. The highest BCUT2D eigenvalue weighted by molar-refractivity contribution is 6.10. The zero-order valence-electron chi connectivity index (χ0n) is 19.1. The van der Waals surface area contributed by atoms with Crippen LogP contribution >= 0.6 is 0 Å². The number of amides is 1.